The van der Waals surface area contributed by atoms with E-state index in [9.17, 15) is 14.3 Å². The number of amides is 1. The van der Waals surface area contributed by atoms with Gasteiger partial charge in [0.1, 0.15) is 5.82 Å². The molecule has 1 unspecified atom stereocenters. The van der Waals surface area contributed by atoms with Crippen LogP contribution in [0.1, 0.15) is 49.3 Å². The van der Waals surface area contributed by atoms with Crippen molar-refractivity contribution in [3.63, 3.8) is 0 Å². The van der Waals surface area contributed by atoms with E-state index in [2.05, 4.69) is 21.2 Å². The van der Waals surface area contributed by atoms with E-state index in [4.69, 9.17) is 4.74 Å². The maximum Gasteiger partial charge on any atom is 0.237 e. The van der Waals surface area contributed by atoms with Gasteiger partial charge in [0.2, 0.25) is 5.91 Å². The highest BCUT2D eigenvalue weighted by Crippen LogP contribution is 2.36. The van der Waals surface area contributed by atoms with Gasteiger partial charge in [0.05, 0.1) is 24.8 Å². The summed E-state index contributed by atoms with van der Waals surface area (Å²) in [5.41, 5.74) is 0.734. The first kappa shape index (κ1) is 20.7. The van der Waals surface area contributed by atoms with Crippen LogP contribution in [-0.4, -0.2) is 54.9 Å². The lowest BCUT2D eigenvalue weighted by atomic mass is 9.85. The largest absolute Gasteiger partial charge is 0.389 e. The number of hydrogen-bond donors (Lipinski definition) is 2. The lowest BCUT2D eigenvalue weighted by Gasteiger charge is -2.38. The predicted molar refractivity (Wildman–Crippen MR) is 105 cm³/mol. The number of methoxy groups -OCH3 is 1. The molecular formula is C20H28BrFN2O3. The number of hydrogen-bond acceptors (Lipinski definition) is 4. The number of fused-ring (bicyclic) bond motifs is 1. The fourth-order valence-electron chi connectivity index (χ4n) is 4.29. The Kier molecular flexibility index (Phi) is 6.89. The second kappa shape index (κ2) is 8.99. The van der Waals surface area contributed by atoms with Crippen molar-refractivity contribution in [2.45, 2.75) is 50.2 Å². The molecule has 0 bridgehead atoms. The number of ether oxygens (including phenoxy) is 1. The summed E-state index contributed by atoms with van der Waals surface area (Å²) < 4.78 is 20.7. The van der Waals surface area contributed by atoms with Crippen molar-refractivity contribution < 1.29 is 19.0 Å². The molecule has 1 aromatic rings. The van der Waals surface area contributed by atoms with Crippen molar-refractivity contribution in [3.8, 4) is 0 Å². The van der Waals surface area contributed by atoms with Gasteiger partial charge in [0.25, 0.3) is 0 Å². The Bertz CT molecular complexity index is 679. The van der Waals surface area contributed by atoms with E-state index in [1.165, 1.54) is 6.07 Å². The molecule has 1 fully saturated rings. The molecule has 2 aliphatic rings. The van der Waals surface area contributed by atoms with Crippen molar-refractivity contribution in [1.29, 1.82) is 0 Å². The van der Waals surface area contributed by atoms with Crippen LogP contribution < -0.4 is 5.32 Å². The Morgan fingerprint density at radius 2 is 2.15 bits per heavy atom. The van der Waals surface area contributed by atoms with E-state index in [1.807, 2.05) is 0 Å². The third-order valence-corrected chi connectivity index (χ3v) is 6.46. The third-order valence-electron chi connectivity index (χ3n) is 5.72. The highest BCUT2D eigenvalue weighted by atomic mass is 79.9. The van der Waals surface area contributed by atoms with Gasteiger partial charge < -0.3 is 20.1 Å². The number of benzene rings is 1. The molecule has 3 rings (SSSR count). The zero-order chi connectivity index (χ0) is 19.4. The average Bonchev–Trinajstić information content (AvgIpc) is 2.65. The van der Waals surface area contributed by atoms with Crippen molar-refractivity contribution in [2.24, 2.45) is 0 Å². The smallest absolute Gasteiger partial charge is 0.237 e. The number of aliphatic hydroxyl groups is 1. The van der Waals surface area contributed by atoms with Crippen molar-refractivity contribution in [2.75, 3.05) is 33.4 Å². The van der Waals surface area contributed by atoms with Crippen LogP contribution in [0, 0.1) is 5.82 Å². The van der Waals surface area contributed by atoms with Gasteiger partial charge in [0, 0.05) is 30.2 Å². The van der Waals surface area contributed by atoms with Crippen LogP contribution in [0.15, 0.2) is 16.6 Å². The molecule has 1 aliphatic heterocycles. The Hall–Kier alpha value is -1.02. The molecular weight excluding hydrogens is 415 g/mol. The zero-order valence-electron chi connectivity index (χ0n) is 15.8. The molecule has 1 saturated carbocycles. The molecule has 1 aliphatic carbocycles. The van der Waals surface area contributed by atoms with Crippen LogP contribution in [0.25, 0.3) is 0 Å². The van der Waals surface area contributed by atoms with Gasteiger partial charge in [-0.05, 0) is 37.0 Å². The van der Waals surface area contributed by atoms with Crippen molar-refractivity contribution >= 4 is 21.8 Å². The molecule has 0 aromatic heterocycles. The molecule has 1 heterocycles. The number of nitrogens with one attached hydrogen (secondary N) is 1. The summed E-state index contributed by atoms with van der Waals surface area (Å²) in [5, 5.41) is 13.7. The van der Waals surface area contributed by atoms with Gasteiger partial charge in [-0.25, -0.2) is 4.39 Å². The Morgan fingerprint density at radius 3 is 2.85 bits per heavy atom. The summed E-state index contributed by atoms with van der Waals surface area (Å²) >= 11 is 3.49. The number of carbonyl (C=O) groups excluding carboxylic acids is 1. The number of nitrogens with zero attached hydrogens (tertiary/aromatic N) is 1. The number of rotatable bonds is 6. The molecule has 0 radical (unpaired) electrons. The minimum atomic E-state index is -0.712. The summed E-state index contributed by atoms with van der Waals surface area (Å²) in [5.74, 6) is -0.404. The second-order valence-corrected chi connectivity index (χ2v) is 8.47. The molecule has 0 spiro atoms. The molecule has 5 nitrogen and oxygen atoms in total. The Labute approximate surface area is 168 Å². The standard InChI is InChI=1S/C20H28BrFN2O3/c1-27-12-17-19-14(15(21)5-6-16(19)22)7-10-24(17)18(25)11-23-13-20(26)8-3-2-4-9-20/h5-6,17,23,26H,2-4,7-13H2,1H3. The van der Waals surface area contributed by atoms with Crippen molar-refractivity contribution in [3.05, 3.63) is 33.5 Å². The summed E-state index contributed by atoms with van der Waals surface area (Å²) in [6.07, 6.45) is 5.36. The molecule has 27 heavy (non-hydrogen) atoms. The average molecular weight is 443 g/mol. The quantitative estimate of drug-likeness (QED) is 0.710. The third kappa shape index (κ3) is 4.70. The molecule has 1 atom stereocenters. The van der Waals surface area contributed by atoms with E-state index in [0.717, 1.165) is 42.1 Å². The van der Waals surface area contributed by atoms with Crippen LogP contribution in [0.4, 0.5) is 4.39 Å². The number of halogens is 2. The summed E-state index contributed by atoms with van der Waals surface area (Å²) in [7, 11) is 1.56. The van der Waals surface area contributed by atoms with E-state index in [0.29, 0.717) is 25.1 Å². The van der Waals surface area contributed by atoms with Gasteiger partial charge in [0.15, 0.2) is 0 Å². The first-order valence-electron chi connectivity index (χ1n) is 9.63. The lowest BCUT2D eigenvalue weighted by Crippen LogP contribution is -2.49. The molecule has 150 valence electrons. The molecule has 7 heteroatoms. The van der Waals surface area contributed by atoms with E-state index in [1.54, 1.807) is 18.1 Å². The van der Waals surface area contributed by atoms with Crippen LogP contribution >= 0.6 is 15.9 Å². The summed E-state index contributed by atoms with van der Waals surface area (Å²) in [6, 6.07) is 2.70. The highest BCUT2D eigenvalue weighted by Gasteiger charge is 2.34. The van der Waals surface area contributed by atoms with Gasteiger partial charge in [-0.15, -0.1) is 0 Å². The predicted octanol–water partition coefficient (Wildman–Crippen LogP) is 2.95. The van der Waals surface area contributed by atoms with Crippen molar-refractivity contribution in [1.82, 2.24) is 10.2 Å². The number of carbonyl (C=O) groups is 1. The second-order valence-electron chi connectivity index (χ2n) is 7.62. The lowest BCUT2D eigenvalue weighted by molar-refractivity contribution is -0.134. The van der Waals surface area contributed by atoms with Gasteiger partial charge >= 0.3 is 0 Å². The first-order valence-corrected chi connectivity index (χ1v) is 10.4. The monoisotopic (exact) mass is 442 g/mol. The SMILES string of the molecule is COCC1c2c(F)ccc(Br)c2CCN1C(=O)CNCC1(O)CCCCC1. The van der Waals surface area contributed by atoms with Gasteiger partial charge in [-0.1, -0.05) is 35.2 Å². The van der Waals surface area contributed by atoms with Gasteiger partial charge in [-0.3, -0.25) is 4.79 Å². The minimum Gasteiger partial charge on any atom is -0.389 e. The van der Waals surface area contributed by atoms with Gasteiger partial charge in [-0.2, -0.15) is 0 Å². The summed E-state index contributed by atoms with van der Waals surface area (Å²) in [4.78, 5) is 14.5. The maximum atomic E-state index is 14.5. The van der Waals surface area contributed by atoms with E-state index >= 15 is 0 Å². The Morgan fingerprint density at radius 1 is 1.41 bits per heavy atom. The van der Waals surface area contributed by atoms with Crippen LogP contribution in [0.5, 0.6) is 0 Å². The Balaban J connectivity index is 1.67. The zero-order valence-corrected chi connectivity index (χ0v) is 17.4. The fraction of sp³-hybridized carbons (Fsp3) is 0.650. The normalized spacial score (nSPS) is 21.8. The topological polar surface area (TPSA) is 61.8 Å². The van der Waals surface area contributed by atoms with Crippen LogP contribution in [0.2, 0.25) is 0 Å². The minimum absolute atomic E-state index is 0.0958. The fourth-order valence-corrected chi connectivity index (χ4v) is 4.83. The van der Waals surface area contributed by atoms with Crippen LogP contribution in [-0.2, 0) is 16.0 Å². The van der Waals surface area contributed by atoms with Crippen LogP contribution in [0.3, 0.4) is 0 Å². The molecule has 1 amide bonds. The van der Waals surface area contributed by atoms with E-state index in [-0.39, 0.29) is 24.9 Å². The molecule has 2 N–H and O–H groups in total. The maximum absolute atomic E-state index is 14.5. The molecule has 1 aromatic carbocycles. The summed E-state index contributed by atoms with van der Waals surface area (Å²) in [6.45, 7) is 1.31. The van der Waals surface area contributed by atoms with E-state index < -0.39 is 11.6 Å². The molecule has 0 saturated heterocycles. The first-order chi connectivity index (χ1) is 12.9. The highest BCUT2D eigenvalue weighted by molar-refractivity contribution is 9.10.